The number of rotatable bonds is 7. The number of ether oxygens (including phenoxy) is 2. The second-order valence-electron chi connectivity index (χ2n) is 11.5. The Bertz CT molecular complexity index is 1620. The van der Waals surface area contributed by atoms with Crippen LogP contribution in [0.1, 0.15) is 61.0 Å². The zero-order chi connectivity index (χ0) is 35.7. The summed E-state index contributed by atoms with van der Waals surface area (Å²) in [6.07, 6.45) is 4.57. The van der Waals surface area contributed by atoms with Gasteiger partial charge in [-0.05, 0) is 63.5 Å². The highest BCUT2D eigenvalue weighted by atomic mass is 32.2. The molecule has 1 amide bonds. The summed E-state index contributed by atoms with van der Waals surface area (Å²) in [4.78, 5) is 47.8. The van der Waals surface area contributed by atoms with Crippen LogP contribution in [-0.2, 0) is 27.2 Å². The lowest BCUT2D eigenvalue weighted by Crippen LogP contribution is -2.36. The molecule has 2 aromatic heterocycles. The number of fused-ring (bicyclic) bond motifs is 1. The summed E-state index contributed by atoms with van der Waals surface area (Å²) >= 11 is 1.44. The number of pyridine rings is 1. The van der Waals surface area contributed by atoms with E-state index in [1.165, 1.54) is 11.8 Å². The quantitative estimate of drug-likeness (QED) is 0.119. The number of aliphatic hydroxyl groups is 1. The standard InChI is InChI=1S/C24H28N4O3S.C10H12O2.C2H6.CH4O.CH4/c1-24(2,3)31-23(30)27-11-10-16(14-27)15-28-20-18(13-25-22(26-20)32-4)12-19(21(28)29)17-8-6-5-7-9-17;1-2-12-10(11)8-9-6-4-3-5-7-9;2*1-2;/h5-9,12-13,16H,10-11,14-15H2,1-4H3;3-7H,2,8H2,1H3;1-2H3;2H,1H3;1H4. The molecule has 3 heterocycles. The Morgan fingerprint density at radius 2 is 1.63 bits per heavy atom. The first-order chi connectivity index (χ1) is 23.1. The van der Waals surface area contributed by atoms with Crippen LogP contribution in [0.2, 0.25) is 0 Å². The Hall–Kier alpha value is -4.22. The van der Waals surface area contributed by atoms with Crippen LogP contribution in [0.15, 0.2) is 82.9 Å². The number of likely N-dealkylation sites (tertiary alicyclic amines) is 1. The molecule has 0 bridgehead atoms. The molecule has 49 heavy (non-hydrogen) atoms. The second-order valence-corrected chi connectivity index (χ2v) is 12.3. The van der Waals surface area contributed by atoms with Crippen LogP contribution in [0.25, 0.3) is 22.2 Å². The van der Waals surface area contributed by atoms with Gasteiger partial charge in [0, 0.05) is 43.9 Å². The molecule has 1 atom stereocenters. The van der Waals surface area contributed by atoms with Gasteiger partial charge in [-0.1, -0.05) is 93.7 Å². The number of hydrogen-bond acceptors (Lipinski definition) is 9. The minimum Gasteiger partial charge on any atom is -0.466 e. The number of nitrogens with zero attached hydrogens (tertiary/aromatic N) is 4. The summed E-state index contributed by atoms with van der Waals surface area (Å²) in [5.74, 6) is -0.0224. The molecule has 2 aromatic carbocycles. The number of hydrogen-bond donors (Lipinski definition) is 1. The second kappa shape index (κ2) is 21.7. The van der Waals surface area contributed by atoms with Crippen LogP contribution < -0.4 is 5.56 Å². The fraction of sp³-hybridized carbons (Fsp3) is 0.447. The van der Waals surface area contributed by atoms with E-state index in [4.69, 9.17) is 14.6 Å². The molecule has 1 fully saturated rings. The van der Waals surface area contributed by atoms with Gasteiger partial charge in [-0.25, -0.2) is 14.8 Å². The average Bonchev–Trinajstić information content (AvgIpc) is 3.57. The topological polar surface area (TPSA) is 124 Å². The highest BCUT2D eigenvalue weighted by Gasteiger charge is 2.30. The predicted molar refractivity (Wildman–Crippen MR) is 200 cm³/mol. The van der Waals surface area contributed by atoms with E-state index in [0.717, 1.165) is 30.0 Å². The van der Waals surface area contributed by atoms with Gasteiger partial charge in [0.15, 0.2) is 5.16 Å². The number of thioether (sulfide) groups is 1. The fourth-order valence-electron chi connectivity index (χ4n) is 4.94. The molecule has 0 saturated carbocycles. The number of esters is 1. The summed E-state index contributed by atoms with van der Waals surface area (Å²) in [6.45, 7) is 13.5. The maximum absolute atomic E-state index is 13.6. The summed E-state index contributed by atoms with van der Waals surface area (Å²) in [5.41, 5.74) is 2.51. The molecule has 5 rings (SSSR count). The molecular formula is C38H54N4O6S. The van der Waals surface area contributed by atoms with E-state index < -0.39 is 5.60 Å². The fourth-order valence-corrected chi connectivity index (χ4v) is 5.28. The Morgan fingerprint density at radius 1 is 1.02 bits per heavy atom. The highest BCUT2D eigenvalue weighted by molar-refractivity contribution is 7.98. The molecule has 11 heteroatoms. The van der Waals surface area contributed by atoms with Gasteiger partial charge in [0.2, 0.25) is 0 Å². The molecule has 1 saturated heterocycles. The molecule has 4 aromatic rings. The SMILES string of the molecule is C.CC.CCOC(=O)Cc1ccccc1.CO.CSc1ncc2cc(-c3ccccc3)c(=O)n(CC3CCN(C(=O)OC(C)(C)C)C3)c2n1. The lowest BCUT2D eigenvalue weighted by molar-refractivity contribution is -0.142. The highest BCUT2D eigenvalue weighted by Crippen LogP contribution is 2.25. The monoisotopic (exact) mass is 694 g/mol. The lowest BCUT2D eigenvalue weighted by Gasteiger charge is -2.24. The van der Waals surface area contributed by atoms with E-state index in [2.05, 4.69) is 9.97 Å². The minimum atomic E-state index is -0.530. The molecule has 10 nitrogen and oxygen atoms in total. The van der Waals surface area contributed by atoms with Gasteiger partial charge >= 0.3 is 12.1 Å². The predicted octanol–water partition coefficient (Wildman–Crippen LogP) is 7.50. The van der Waals surface area contributed by atoms with Gasteiger partial charge in [-0.15, -0.1) is 0 Å². The Morgan fingerprint density at radius 3 is 2.20 bits per heavy atom. The first-order valence-corrected chi connectivity index (χ1v) is 17.4. The summed E-state index contributed by atoms with van der Waals surface area (Å²) in [6, 6.07) is 21.1. The summed E-state index contributed by atoms with van der Waals surface area (Å²) in [7, 11) is 1.00. The van der Waals surface area contributed by atoms with Gasteiger partial charge in [0.05, 0.1) is 13.0 Å². The third-order valence-electron chi connectivity index (χ3n) is 6.95. The van der Waals surface area contributed by atoms with Crippen molar-refractivity contribution in [2.45, 2.75) is 79.1 Å². The van der Waals surface area contributed by atoms with Crippen LogP contribution >= 0.6 is 11.8 Å². The van der Waals surface area contributed by atoms with Crippen LogP contribution in [0.5, 0.6) is 0 Å². The number of carbonyl (C=O) groups excluding carboxylic acids is 2. The molecule has 0 spiro atoms. The van der Waals surface area contributed by atoms with Crippen LogP contribution in [0.4, 0.5) is 4.79 Å². The third kappa shape index (κ3) is 13.3. The Balaban J connectivity index is 0.000000594. The van der Waals surface area contributed by atoms with Crippen molar-refractivity contribution < 1.29 is 24.2 Å². The molecule has 1 unspecified atom stereocenters. The average molecular weight is 695 g/mol. The van der Waals surface area contributed by atoms with Gasteiger partial charge < -0.3 is 19.5 Å². The molecule has 1 aliphatic heterocycles. The van der Waals surface area contributed by atoms with E-state index in [0.29, 0.717) is 49.0 Å². The van der Waals surface area contributed by atoms with Gasteiger partial charge in [-0.2, -0.15) is 0 Å². The molecule has 0 aliphatic carbocycles. The number of benzene rings is 2. The number of aliphatic hydroxyl groups excluding tert-OH is 1. The van der Waals surface area contributed by atoms with E-state index in [9.17, 15) is 14.4 Å². The summed E-state index contributed by atoms with van der Waals surface area (Å²) < 4.78 is 12.1. The molecule has 0 radical (unpaired) electrons. The van der Waals surface area contributed by atoms with E-state index >= 15 is 0 Å². The third-order valence-corrected chi connectivity index (χ3v) is 7.51. The van der Waals surface area contributed by atoms with Crippen molar-refractivity contribution in [3.63, 3.8) is 0 Å². The van der Waals surface area contributed by atoms with Crippen molar-refractivity contribution in [2.75, 3.05) is 33.1 Å². The van der Waals surface area contributed by atoms with E-state index in [1.54, 1.807) is 15.7 Å². The first-order valence-electron chi connectivity index (χ1n) is 16.2. The van der Waals surface area contributed by atoms with Gasteiger partial charge in [-0.3, -0.25) is 14.2 Å². The van der Waals surface area contributed by atoms with Crippen LogP contribution in [0.3, 0.4) is 0 Å². The minimum absolute atomic E-state index is 0. The largest absolute Gasteiger partial charge is 0.466 e. The Labute approximate surface area is 295 Å². The lowest BCUT2D eigenvalue weighted by atomic mass is 10.0. The maximum atomic E-state index is 13.6. The van der Waals surface area contributed by atoms with E-state index in [1.807, 2.05) is 115 Å². The smallest absolute Gasteiger partial charge is 0.410 e. The molecule has 1 N–H and O–H groups in total. The molecule has 1 aliphatic rings. The summed E-state index contributed by atoms with van der Waals surface area (Å²) in [5, 5.41) is 8.45. The number of amides is 1. The Kier molecular flexibility index (Phi) is 18.9. The molecule has 268 valence electrons. The zero-order valence-electron chi connectivity index (χ0n) is 29.4. The van der Waals surface area contributed by atoms with E-state index in [-0.39, 0.29) is 31.0 Å². The van der Waals surface area contributed by atoms with Crippen molar-refractivity contribution in [2.24, 2.45) is 5.92 Å². The first kappa shape index (κ1) is 42.8. The van der Waals surface area contributed by atoms with Gasteiger partial charge in [0.1, 0.15) is 11.2 Å². The molecular weight excluding hydrogens is 641 g/mol. The maximum Gasteiger partial charge on any atom is 0.410 e. The van der Waals surface area contributed by atoms with Crippen LogP contribution in [-0.4, -0.2) is 75.3 Å². The van der Waals surface area contributed by atoms with Crippen LogP contribution in [0, 0.1) is 5.92 Å². The normalized spacial score (nSPS) is 13.3. The van der Waals surface area contributed by atoms with Crippen molar-refractivity contribution in [3.8, 4) is 11.1 Å². The van der Waals surface area contributed by atoms with Gasteiger partial charge in [0.25, 0.3) is 5.56 Å². The van der Waals surface area contributed by atoms with Crippen molar-refractivity contribution in [3.05, 3.63) is 88.8 Å². The van der Waals surface area contributed by atoms with Crippen molar-refractivity contribution in [1.82, 2.24) is 19.4 Å². The zero-order valence-corrected chi connectivity index (χ0v) is 30.3. The van der Waals surface area contributed by atoms with Crippen molar-refractivity contribution in [1.29, 1.82) is 0 Å². The number of aromatic nitrogens is 3. The van der Waals surface area contributed by atoms with Crippen molar-refractivity contribution >= 4 is 34.9 Å². The number of carbonyl (C=O) groups is 2.